The first-order valence-corrected chi connectivity index (χ1v) is 11.6. The maximum atomic E-state index is 12.7. The molecule has 1 fully saturated rings. The number of amides is 1. The van der Waals surface area contributed by atoms with Gasteiger partial charge < -0.3 is 0 Å². The summed E-state index contributed by atoms with van der Waals surface area (Å²) in [7, 11) is -3.74. The maximum absolute atomic E-state index is 12.7. The molecular formula is C20H24N2O4S2. The predicted octanol–water partition coefficient (Wildman–Crippen LogP) is 3.16. The third-order valence-corrected chi connectivity index (χ3v) is 7.29. The topological polar surface area (TPSA) is 83.6 Å². The van der Waals surface area contributed by atoms with Crippen LogP contribution in [0.3, 0.4) is 0 Å². The average molecular weight is 421 g/mol. The second-order valence-electron chi connectivity index (χ2n) is 7.06. The van der Waals surface area contributed by atoms with Crippen LogP contribution < -0.4 is 4.72 Å². The highest BCUT2D eigenvalue weighted by atomic mass is 32.2. The predicted molar refractivity (Wildman–Crippen MR) is 109 cm³/mol. The van der Waals surface area contributed by atoms with Gasteiger partial charge in [-0.1, -0.05) is 43.7 Å². The Morgan fingerprint density at radius 1 is 1.18 bits per heavy atom. The van der Waals surface area contributed by atoms with Crippen LogP contribution in [0.15, 0.2) is 42.5 Å². The second-order valence-corrected chi connectivity index (χ2v) is 9.90. The van der Waals surface area contributed by atoms with Gasteiger partial charge in [-0.25, -0.2) is 4.72 Å². The summed E-state index contributed by atoms with van der Waals surface area (Å²) in [4.78, 5) is 25.3. The van der Waals surface area contributed by atoms with Crippen LogP contribution in [0, 0.1) is 5.92 Å². The van der Waals surface area contributed by atoms with Crippen LogP contribution in [0.1, 0.15) is 46.3 Å². The molecule has 1 aliphatic heterocycles. The van der Waals surface area contributed by atoms with Crippen LogP contribution in [0.5, 0.6) is 0 Å². The van der Waals surface area contributed by atoms with Crippen molar-refractivity contribution in [2.75, 3.05) is 6.54 Å². The molecule has 0 spiro atoms. The number of carbonyl (C=O) groups excluding carboxylic acids is 2. The molecule has 1 N–H and O–H groups in total. The number of unbranched alkanes of at least 4 members (excludes halogenated alkanes) is 1. The molecule has 0 saturated carbocycles. The minimum atomic E-state index is -3.74. The van der Waals surface area contributed by atoms with Crippen molar-refractivity contribution in [2.24, 2.45) is 5.92 Å². The van der Waals surface area contributed by atoms with Gasteiger partial charge in [0, 0.05) is 10.8 Å². The number of nitrogens with zero attached hydrogens (tertiary/aromatic N) is 1. The van der Waals surface area contributed by atoms with Crippen LogP contribution in [0.25, 0.3) is 0 Å². The number of aryl methyl sites for hydroxylation is 1. The van der Waals surface area contributed by atoms with Gasteiger partial charge in [0.15, 0.2) is 5.78 Å². The van der Waals surface area contributed by atoms with Crippen LogP contribution in [0.4, 0.5) is 0 Å². The molecule has 1 aromatic heterocycles. The molecule has 3 rings (SSSR count). The Balaban J connectivity index is 1.48. The number of carbonyl (C=O) groups is 2. The van der Waals surface area contributed by atoms with Gasteiger partial charge in [-0.2, -0.15) is 12.7 Å². The van der Waals surface area contributed by atoms with E-state index in [9.17, 15) is 18.0 Å². The minimum Gasteiger partial charge on any atom is -0.293 e. The fourth-order valence-corrected chi connectivity index (χ4v) is 5.43. The van der Waals surface area contributed by atoms with Gasteiger partial charge in [0.2, 0.25) is 5.91 Å². The number of thiophene rings is 1. The largest absolute Gasteiger partial charge is 0.304 e. The van der Waals surface area contributed by atoms with Crippen LogP contribution in [-0.4, -0.2) is 31.0 Å². The lowest BCUT2D eigenvalue weighted by atomic mass is 9.97. The van der Waals surface area contributed by atoms with E-state index in [0.29, 0.717) is 4.88 Å². The summed E-state index contributed by atoms with van der Waals surface area (Å²) < 4.78 is 26.6. The summed E-state index contributed by atoms with van der Waals surface area (Å²) in [6, 6.07) is 13.8. The molecule has 0 bridgehead atoms. The van der Waals surface area contributed by atoms with Gasteiger partial charge in [0.1, 0.15) is 0 Å². The van der Waals surface area contributed by atoms with Crippen molar-refractivity contribution in [1.82, 2.24) is 9.03 Å². The third kappa shape index (κ3) is 5.27. The Morgan fingerprint density at radius 2 is 1.93 bits per heavy atom. The number of rotatable bonds is 9. The molecule has 2 heterocycles. The van der Waals surface area contributed by atoms with Gasteiger partial charge in [-0.3, -0.25) is 9.59 Å². The van der Waals surface area contributed by atoms with Gasteiger partial charge in [0.05, 0.1) is 18.0 Å². The van der Waals surface area contributed by atoms with E-state index in [1.165, 1.54) is 16.9 Å². The quantitative estimate of drug-likeness (QED) is 0.499. The number of hydrogen-bond donors (Lipinski definition) is 1. The lowest BCUT2D eigenvalue weighted by molar-refractivity contribution is -0.118. The smallest absolute Gasteiger partial charge is 0.293 e. The zero-order valence-corrected chi connectivity index (χ0v) is 17.4. The summed E-state index contributed by atoms with van der Waals surface area (Å²) in [6.07, 6.45) is 3.88. The summed E-state index contributed by atoms with van der Waals surface area (Å²) in [5.41, 5.74) is 1.31. The molecule has 1 aliphatic rings. The van der Waals surface area contributed by atoms with E-state index in [-0.39, 0.29) is 24.8 Å². The van der Waals surface area contributed by atoms with Crippen molar-refractivity contribution >= 4 is 33.2 Å². The first-order chi connectivity index (χ1) is 13.3. The third-order valence-electron chi connectivity index (χ3n) is 4.78. The van der Waals surface area contributed by atoms with E-state index in [1.54, 1.807) is 12.1 Å². The first-order valence-electron chi connectivity index (χ1n) is 9.33. The van der Waals surface area contributed by atoms with Crippen molar-refractivity contribution in [3.63, 3.8) is 0 Å². The molecule has 1 saturated heterocycles. The highest BCUT2D eigenvalue weighted by molar-refractivity contribution is 7.88. The first kappa shape index (κ1) is 20.7. The van der Waals surface area contributed by atoms with E-state index >= 15 is 0 Å². The Morgan fingerprint density at radius 3 is 2.61 bits per heavy atom. The Bertz CT molecular complexity index is 938. The average Bonchev–Trinajstić information content (AvgIpc) is 3.22. The normalized spacial score (nSPS) is 17.4. The second kappa shape index (κ2) is 8.98. The zero-order chi connectivity index (χ0) is 20.1. The van der Waals surface area contributed by atoms with Gasteiger partial charge in [0.25, 0.3) is 0 Å². The van der Waals surface area contributed by atoms with Gasteiger partial charge >= 0.3 is 10.2 Å². The van der Waals surface area contributed by atoms with E-state index in [4.69, 9.17) is 0 Å². The molecule has 8 heteroatoms. The standard InChI is InChI=1S/C20H24N2O4S2/c1-15(7-5-6-10-16-8-3-2-4-9-16)20(24)18-12-11-17(27-18)13-22-14-19(23)21-28(22,25)26/h2-4,8-9,11-12,15H,5-7,10,13-14H2,1H3,(H,21,23). The molecule has 1 aromatic carbocycles. The fraction of sp³-hybridized carbons (Fsp3) is 0.400. The number of benzene rings is 1. The van der Waals surface area contributed by atoms with Gasteiger partial charge in [-0.15, -0.1) is 11.3 Å². The molecule has 0 aliphatic carbocycles. The number of hydrogen-bond acceptors (Lipinski definition) is 5. The zero-order valence-electron chi connectivity index (χ0n) is 15.8. The molecule has 28 heavy (non-hydrogen) atoms. The van der Waals surface area contributed by atoms with Crippen LogP contribution >= 0.6 is 11.3 Å². The van der Waals surface area contributed by atoms with E-state index in [1.807, 2.05) is 29.8 Å². The molecule has 150 valence electrons. The summed E-state index contributed by atoms with van der Waals surface area (Å²) >= 11 is 1.30. The van der Waals surface area contributed by atoms with E-state index in [2.05, 4.69) is 12.1 Å². The SMILES string of the molecule is CC(CCCCc1ccccc1)C(=O)c1ccc(CN2CC(=O)NS2(=O)=O)s1. The summed E-state index contributed by atoms with van der Waals surface area (Å²) in [6.45, 7) is 1.86. The van der Waals surface area contributed by atoms with Crippen molar-refractivity contribution in [3.8, 4) is 0 Å². The molecular weight excluding hydrogens is 396 g/mol. The monoisotopic (exact) mass is 420 g/mol. The molecule has 1 amide bonds. The number of Topliss-reactive ketones (excluding diaryl/α,β-unsaturated/α-hetero) is 1. The highest BCUT2D eigenvalue weighted by Gasteiger charge is 2.34. The lowest BCUT2D eigenvalue weighted by Crippen LogP contribution is -2.28. The lowest BCUT2D eigenvalue weighted by Gasteiger charge is -2.10. The van der Waals surface area contributed by atoms with Crippen molar-refractivity contribution < 1.29 is 18.0 Å². The highest BCUT2D eigenvalue weighted by Crippen LogP contribution is 2.25. The maximum Gasteiger partial charge on any atom is 0.304 e. The van der Waals surface area contributed by atoms with Crippen LogP contribution in [0.2, 0.25) is 0 Å². The minimum absolute atomic E-state index is 0.0685. The molecule has 1 unspecified atom stereocenters. The van der Waals surface area contributed by atoms with Crippen LogP contribution in [-0.2, 0) is 28.0 Å². The Labute approximate surface area is 169 Å². The molecule has 6 nitrogen and oxygen atoms in total. The van der Waals surface area contributed by atoms with Gasteiger partial charge in [-0.05, 0) is 37.0 Å². The molecule has 2 aromatic rings. The Hall–Kier alpha value is -2.03. The van der Waals surface area contributed by atoms with E-state index < -0.39 is 16.1 Å². The molecule has 0 radical (unpaired) electrons. The summed E-state index contributed by atoms with van der Waals surface area (Å²) in [5.74, 6) is -0.507. The number of ketones is 1. The Kier molecular flexibility index (Phi) is 6.64. The van der Waals surface area contributed by atoms with E-state index in [0.717, 1.165) is 34.9 Å². The number of nitrogens with one attached hydrogen (secondary N) is 1. The van der Waals surface area contributed by atoms with Crippen molar-refractivity contribution in [1.29, 1.82) is 0 Å². The van der Waals surface area contributed by atoms with Crippen molar-refractivity contribution in [2.45, 2.75) is 39.2 Å². The fourth-order valence-electron chi connectivity index (χ4n) is 3.19. The summed E-state index contributed by atoms with van der Waals surface area (Å²) in [5, 5.41) is 0. The van der Waals surface area contributed by atoms with Crippen molar-refractivity contribution in [3.05, 3.63) is 57.8 Å². The molecule has 1 atom stereocenters.